The number of aryl methyl sites for hydroxylation is 1. The summed E-state index contributed by atoms with van der Waals surface area (Å²) in [7, 11) is 0. The van der Waals surface area contributed by atoms with Crippen molar-refractivity contribution in [2.75, 3.05) is 38.1 Å². The minimum Gasteiger partial charge on any atom is -0.368 e. The van der Waals surface area contributed by atoms with Crippen molar-refractivity contribution in [3.05, 3.63) is 63.1 Å². The quantitative estimate of drug-likeness (QED) is 0.604. The Morgan fingerprint density at radius 1 is 1.21 bits per heavy atom. The molecule has 1 aliphatic rings. The average Bonchev–Trinajstić information content (AvgIpc) is 2.80. The number of aromatic amines is 1. The van der Waals surface area contributed by atoms with Crippen molar-refractivity contribution in [3.8, 4) is 0 Å². The molecule has 33 heavy (non-hydrogen) atoms. The number of carbonyl (C=O) groups is 1. The number of hydrogen-bond donors (Lipinski definition) is 2. The Morgan fingerprint density at radius 3 is 2.64 bits per heavy atom. The standard InChI is InChI=1S/C22H23F3N6O2/c1-12-16(6-5-15(27-12)21(32)26-2)31-9-7-30(8-10-31)11-13-3-4-14-18(17(13)23)29-22(33)19(28-14)20(24)25/h3-6,20H,7-11H2,1-2H3,(H,26,32)(H,29,33)/i2D3. The number of amides is 1. The molecule has 1 amide bonds. The minimum atomic E-state index is -3.06. The van der Waals surface area contributed by atoms with Crippen molar-refractivity contribution in [2.45, 2.75) is 19.9 Å². The van der Waals surface area contributed by atoms with Gasteiger partial charge in [0.15, 0.2) is 11.5 Å². The summed E-state index contributed by atoms with van der Waals surface area (Å²) in [4.78, 5) is 38.0. The SMILES string of the molecule is [2H]C([2H])([2H])NC(=O)c1ccc(N2CCN(Cc3ccc4nc(C(F)F)c(=O)[nH]c4c3F)CC2)c(C)n1. The van der Waals surface area contributed by atoms with Gasteiger partial charge in [-0.1, -0.05) is 6.07 Å². The van der Waals surface area contributed by atoms with Gasteiger partial charge < -0.3 is 15.2 Å². The molecule has 0 aliphatic carbocycles. The predicted octanol–water partition coefficient (Wildman–Crippen LogP) is 2.39. The van der Waals surface area contributed by atoms with E-state index in [1.807, 2.05) is 10.2 Å². The Labute approximate surface area is 191 Å². The molecule has 0 atom stereocenters. The molecular formula is C22H23F3N6O2. The highest BCUT2D eigenvalue weighted by Gasteiger charge is 2.22. The summed E-state index contributed by atoms with van der Waals surface area (Å²) in [6.07, 6.45) is -3.06. The van der Waals surface area contributed by atoms with Crippen LogP contribution in [0.5, 0.6) is 0 Å². The van der Waals surface area contributed by atoms with E-state index in [0.29, 0.717) is 37.4 Å². The van der Waals surface area contributed by atoms with Gasteiger partial charge in [0.05, 0.1) is 16.9 Å². The lowest BCUT2D eigenvalue weighted by Crippen LogP contribution is -2.46. The fraction of sp³-hybridized carbons (Fsp3) is 0.364. The highest BCUT2D eigenvalue weighted by Crippen LogP contribution is 2.24. The van der Waals surface area contributed by atoms with Gasteiger partial charge in [-0.3, -0.25) is 14.5 Å². The van der Waals surface area contributed by atoms with Gasteiger partial charge in [-0.2, -0.15) is 0 Å². The Kier molecular flexibility index (Phi) is 5.30. The third-order valence-corrected chi connectivity index (χ3v) is 5.63. The van der Waals surface area contributed by atoms with Gasteiger partial charge in [0.25, 0.3) is 17.9 Å². The van der Waals surface area contributed by atoms with Crippen LogP contribution >= 0.6 is 0 Å². The van der Waals surface area contributed by atoms with Crippen molar-refractivity contribution in [3.63, 3.8) is 0 Å². The number of carbonyl (C=O) groups excluding carboxylic acids is 1. The van der Waals surface area contributed by atoms with Gasteiger partial charge in [-0.25, -0.2) is 23.1 Å². The molecule has 11 heteroatoms. The molecule has 1 aliphatic heterocycles. The molecule has 1 aromatic carbocycles. The molecule has 0 unspecified atom stereocenters. The maximum atomic E-state index is 15.0. The Morgan fingerprint density at radius 2 is 1.97 bits per heavy atom. The monoisotopic (exact) mass is 463 g/mol. The van der Waals surface area contributed by atoms with Gasteiger partial charge in [0, 0.05) is 49.4 Å². The molecule has 0 spiro atoms. The van der Waals surface area contributed by atoms with Gasteiger partial charge in [0.2, 0.25) is 0 Å². The van der Waals surface area contributed by atoms with Crippen LogP contribution in [0.25, 0.3) is 11.0 Å². The average molecular weight is 463 g/mol. The number of nitrogens with zero attached hydrogens (tertiary/aromatic N) is 4. The zero-order chi connectivity index (χ0) is 26.2. The topological polar surface area (TPSA) is 94.2 Å². The molecular weight excluding hydrogens is 437 g/mol. The maximum absolute atomic E-state index is 15.0. The minimum absolute atomic E-state index is 0.00555. The highest BCUT2D eigenvalue weighted by atomic mass is 19.3. The molecule has 1 saturated heterocycles. The first-order chi connectivity index (χ1) is 16.9. The van der Waals surface area contributed by atoms with Crippen LogP contribution in [0.3, 0.4) is 0 Å². The largest absolute Gasteiger partial charge is 0.368 e. The lowest BCUT2D eigenvalue weighted by atomic mass is 10.1. The number of nitrogens with one attached hydrogen (secondary N) is 2. The van der Waals surface area contributed by atoms with Crippen LogP contribution in [0.15, 0.2) is 29.1 Å². The number of fused-ring (bicyclic) bond motifs is 1. The van der Waals surface area contributed by atoms with E-state index in [0.717, 1.165) is 5.69 Å². The second kappa shape index (κ2) is 9.18. The Bertz CT molecular complexity index is 1360. The Hall–Kier alpha value is -3.47. The number of hydrogen-bond acceptors (Lipinski definition) is 6. The number of rotatable bonds is 5. The molecule has 0 bridgehead atoms. The molecule has 3 heterocycles. The van der Waals surface area contributed by atoms with E-state index in [4.69, 9.17) is 4.11 Å². The number of aromatic nitrogens is 3. The van der Waals surface area contributed by atoms with E-state index in [9.17, 15) is 18.4 Å². The molecule has 0 saturated carbocycles. The first-order valence-electron chi connectivity index (χ1n) is 11.7. The molecule has 0 radical (unpaired) electrons. The lowest BCUT2D eigenvalue weighted by molar-refractivity contribution is 0.0958. The summed E-state index contributed by atoms with van der Waals surface area (Å²) in [6.45, 7) is 1.72. The van der Waals surface area contributed by atoms with Gasteiger partial charge in [-0.05, 0) is 25.1 Å². The number of halogens is 3. The third kappa shape index (κ3) is 4.54. The van der Waals surface area contributed by atoms with Crippen LogP contribution in [0.4, 0.5) is 18.9 Å². The van der Waals surface area contributed by atoms with E-state index in [-0.39, 0.29) is 23.3 Å². The number of benzene rings is 1. The molecule has 3 aromatic rings. The third-order valence-electron chi connectivity index (χ3n) is 5.63. The summed E-state index contributed by atoms with van der Waals surface area (Å²) >= 11 is 0. The van der Waals surface area contributed by atoms with Gasteiger partial charge >= 0.3 is 0 Å². The van der Waals surface area contributed by atoms with E-state index >= 15 is 4.39 Å². The molecule has 174 valence electrons. The second-order valence-electron chi connectivity index (χ2n) is 7.70. The number of alkyl halides is 2. The number of piperazine rings is 1. The lowest BCUT2D eigenvalue weighted by Gasteiger charge is -2.36. The van der Waals surface area contributed by atoms with Crippen LogP contribution in [-0.2, 0) is 6.54 Å². The molecule has 1 fully saturated rings. The first kappa shape index (κ1) is 19.0. The fourth-order valence-corrected chi connectivity index (χ4v) is 3.92. The Balaban J connectivity index is 1.43. The summed E-state index contributed by atoms with van der Waals surface area (Å²) in [5.41, 5.74) is -0.627. The summed E-state index contributed by atoms with van der Waals surface area (Å²) in [5.74, 6) is -1.49. The van der Waals surface area contributed by atoms with Crippen molar-refractivity contribution < 1.29 is 22.1 Å². The first-order valence-corrected chi connectivity index (χ1v) is 10.2. The summed E-state index contributed by atoms with van der Waals surface area (Å²) < 4.78 is 62.3. The van der Waals surface area contributed by atoms with Crippen LogP contribution < -0.4 is 15.8 Å². The van der Waals surface area contributed by atoms with E-state index in [1.54, 1.807) is 13.0 Å². The molecule has 2 N–H and O–H groups in total. The normalized spacial score (nSPS) is 16.5. The highest BCUT2D eigenvalue weighted by molar-refractivity contribution is 5.92. The van der Waals surface area contributed by atoms with Gasteiger partial charge in [0.1, 0.15) is 11.2 Å². The number of H-pyrrole nitrogens is 1. The van der Waals surface area contributed by atoms with Crippen LogP contribution in [-0.4, -0.2) is 58.9 Å². The fourth-order valence-electron chi connectivity index (χ4n) is 3.92. The van der Waals surface area contributed by atoms with Crippen molar-refractivity contribution in [2.24, 2.45) is 0 Å². The van der Waals surface area contributed by atoms with Crippen molar-refractivity contribution in [1.82, 2.24) is 25.2 Å². The zero-order valence-electron chi connectivity index (χ0n) is 20.7. The smallest absolute Gasteiger partial charge is 0.285 e. The van der Waals surface area contributed by atoms with Crippen LogP contribution in [0.2, 0.25) is 0 Å². The van der Waals surface area contributed by atoms with Crippen molar-refractivity contribution >= 4 is 22.6 Å². The number of anilines is 1. The zero-order valence-corrected chi connectivity index (χ0v) is 17.7. The van der Waals surface area contributed by atoms with E-state index in [2.05, 4.69) is 19.9 Å². The molecule has 8 nitrogen and oxygen atoms in total. The summed E-state index contributed by atoms with van der Waals surface area (Å²) in [6, 6.07) is 6.06. The molecule has 2 aromatic heterocycles. The van der Waals surface area contributed by atoms with E-state index < -0.39 is 36.4 Å². The van der Waals surface area contributed by atoms with Gasteiger partial charge in [-0.15, -0.1) is 0 Å². The predicted molar refractivity (Wildman–Crippen MR) is 117 cm³/mol. The molecule has 4 rings (SSSR count). The van der Waals surface area contributed by atoms with Crippen LogP contribution in [0, 0.1) is 12.7 Å². The van der Waals surface area contributed by atoms with E-state index in [1.165, 1.54) is 18.2 Å². The second-order valence-corrected chi connectivity index (χ2v) is 7.70. The number of pyridine rings is 1. The van der Waals surface area contributed by atoms with Crippen molar-refractivity contribution in [1.29, 1.82) is 0 Å². The summed E-state index contributed by atoms with van der Waals surface area (Å²) in [5, 5.41) is 1.91. The maximum Gasteiger partial charge on any atom is 0.285 e. The van der Waals surface area contributed by atoms with Crippen LogP contribution in [0.1, 0.15) is 38.0 Å².